The van der Waals surface area contributed by atoms with Crippen LogP contribution in [0, 0.1) is 0 Å². The second-order valence-corrected chi connectivity index (χ2v) is 1.96. The van der Waals surface area contributed by atoms with E-state index in [1.807, 2.05) is 0 Å². The van der Waals surface area contributed by atoms with E-state index in [1.165, 1.54) is 0 Å². The second-order valence-electron chi connectivity index (χ2n) is 1.96. The molecule has 0 spiro atoms. The Labute approximate surface area is 61.8 Å². The maximum absolute atomic E-state index is 11.6. The highest BCUT2D eigenvalue weighted by Crippen LogP contribution is 2.02. The normalized spacial score (nSPS) is 13.1. The van der Waals surface area contributed by atoms with Gasteiger partial charge in [-0.05, 0) is 0 Å². The third kappa shape index (κ3) is 5.53. The number of alkyl halides is 2. The van der Waals surface area contributed by atoms with Gasteiger partial charge in [0.1, 0.15) is 0 Å². The predicted molar refractivity (Wildman–Crippen MR) is 32.7 cm³/mol. The molecule has 0 fully saturated rings. The number of halogens is 2. The van der Waals surface area contributed by atoms with E-state index in [-0.39, 0.29) is 0 Å². The topological polar surface area (TPSA) is 69.6 Å². The molecule has 11 heavy (non-hydrogen) atoms. The number of amides is 1. The van der Waals surface area contributed by atoms with E-state index < -0.39 is 31.6 Å². The minimum Gasteiger partial charge on any atom is -0.465 e. The molecule has 0 radical (unpaired) electrons. The minimum atomic E-state index is -2.61. The summed E-state index contributed by atoms with van der Waals surface area (Å²) in [6, 6.07) is -1.08. The summed E-state index contributed by atoms with van der Waals surface area (Å²) in [6.45, 7) is -0.614. The Morgan fingerprint density at radius 2 is 2.09 bits per heavy atom. The molecule has 1 atom stereocenters. The zero-order valence-corrected chi connectivity index (χ0v) is 5.63. The smallest absolute Gasteiger partial charge is 0.404 e. The molecule has 0 aromatic carbocycles. The van der Waals surface area contributed by atoms with Crippen molar-refractivity contribution in [2.45, 2.75) is 18.9 Å². The number of carboxylic acid groups (broad SMARTS) is 1. The molecule has 0 aromatic rings. The lowest BCUT2D eigenvalue weighted by molar-refractivity contribution is 0.103. The van der Waals surface area contributed by atoms with Gasteiger partial charge in [0, 0.05) is 6.42 Å². The predicted octanol–water partition coefficient (Wildman–Crippen LogP) is 0.270. The van der Waals surface area contributed by atoms with Gasteiger partial charge in [0.25, 0.3) is 0 Å². The van der Waals surface area contributed by atoms with E-state index in [9.17, 15) is 13.6 Å². The van der Waals surface area contributed by atoms with Gasteiger partial charge in [-0.2, -0.15) is 0 Å². The highest BCUT2D eigenvalue weighted by atomic mass is 19.3. The third-order valence-electron chi connectivity index (χ3n) is 1.01. The quantitative estimate of drug-likeness (QED) is 0.565. The Bertz CT molecular complexity index is 131. The number of rotatable bonds is 4. The van der Waals surface area contributed by atoms with E-state index >= 15 is 0 Å². The summed E-state index contributed by atoms with van der Waals surface area (Å²) in [4.78, 5) is 9.88. The second kappa shape index (κ2) is 4.84. The lowest BCUT2D eigenvalue weighted by Crippen LogP contribution is -2.37. The Hall–Kier alpha value is -0.910. The number of hydrogen-bond acceptors (Lipinski definition) is 2. The van der Waals surface area contributed by atoms with E-state index in [2.05, 4.69) is 0 Å². The van der Waals surface area contributed by atoms with Crippen molar-refractivity contribution in [2.75, 3.05) is 6.61 Å². The standard InChI is InChI=1S/C5H9F2NO3/c6-4(7)1-3(2-9)8-5(10)11/h3-4,8-9H,1-2H2,(H,10,11)/t3-/m0/s1. The molecule has 0 saturated carbocycles. The minimum absolute atomic E-state index is 0.614. The molecule has 0 aliphatic carbocycles. The first kappa shape index (κ1) is 10.1. The Kier molecular flexibility index (Phi) is 4.44. The molecule has 0 unspecified atom stereocenters. The highest BCUT2D eigenvalue weighted by molar-refractivity contribution is 5.64. The van der Waals surface area contributed by atoms with Crippen LogP contribution in [0.3, 0.4) is 0 Å². The van der Waals surface area contributed by atoms with Gasteiger partial charge < -0.3 is 15.5 Å². The molecule has 0 bridgehead atoms. The average molecular weight is 169 g/mol. The van der Waals surface area contributed by atoms with Crippen LogP contribution in [-0.2, 0) is 0 Å². The first-order valence-electron chi connectivity index (χ1n) is 2.94. The van der Waals surface area contributed by atoms with Gasteiger partial charge in [0.15, 0.2) is 0 Å². The van der Waals surface area contributed by atoms with Crippen LogP contribution in [0.4, 0.5) is 13.6 Å². The van der Waals surface area contributed by atoms with Crippen molar-refractivity contribution in [3.05, 3.63) is 0 Å². The zero-order valence-electron chi connectivity index (χ0n) is 5.63. The van der Waals surface area contributed by atoms with Gasteiger partial charge in [-0.1, -0.05) is 0 Å². The summed E-state index contributed by atoms with van der Waals surface area (Å²) >= 11 is 0. The van der Waals surface area contributed by atoms with Crippen molar-refractivity contribution in [1.29, 1.82) is 0 Å². The summed E-state index contributed by atoms with van der Waals surface area (Å²) in [7, 11) is 0. The molecule has 0 aromatic heterocycles. The van der Waals surface area contributed by atoms with Crippen molar-refractivity contribution >= 4 is 6.09 Å². The Morgan fingerprint density at radius 3 is 2.36 bits per heavy atom. The SMILES string of the molecule is O=C(O)N[C@H](CO)CC(F)F. The zero-order chi connectivity index (χ0) is 8.85. The van der Waals surface area contributed by atoms with Crippen LogP contribution >= 0.6 is 0 Å². The van der Waals surface area contributed by atoms with Gasteiger partial charge in [-0.25, -0.2) is 13.6 Å². The largest absolute Gasteiger partial charge is 0.465 e. The van der Waals surface area contributed by atoms with Crippen LogP contribution in [0.15, 0.2) is 0 Å². The molecular formula is C5H9F2NO3. The number of aliphatic hydroxyl groups excluding tert-OH is 1. The molecule has 4 nitrogen and oxygen atoms in total. The Balaban J connectivity index is 3.66. The van der Waals surface area contributed by atoms with Crippen LogP contribution in [0.5, 0.6) is 0 Å². The van der Waals surface area contributed by atoms with Crippen molar-refractivity contribution in [2.24, 2.45) is 0 Å². The van der Waals surface area contributed by atoms with E-state index in [0.717, 1.165) is 0 Å². The van der Waals surface area contributed by atoms with Crippen LogP contribution in [0.25, 0.3) is 0 Å². The maximum Gasteiger partial charge on any atom is 0.404 e. The van der Waals surface area contributed by atoms with Gasteiger partial charge >= 0.3 is 6.09 Å². The molecule has 0 aliphatic heterocycles. The number of nitrogens with one attached hydrogen (secondary N) is 1. The molecular weight excluding hydrogens is 160 g/mol. The van der Waals surface area contributed by atoms with Crippen LogP contribution in [0.2, 0.25) is 0 Å². The third-order valence-corrected chi connectivity index (χ3v) is 1.01. The maximum atomic E-state index is 11.6. The molecule has 1 amide bonds. The highest BCUT2D eigenvalue weighted by Gasteiger charge is 2.15. The van der Waals surface area contributed by atoms with Gasteiger partial charge in [-0.15, -0.1) is 0 Å². The fourth-order valence-corrected chi connectivity index (χ4v) is 0.569. The van der Waals surface area contributed by atoms with Crippen molar-refractivity contribution in [3.63, 3.8) is 0 Å². The first-order chi connectivity index (χ1) is 5.06. The summed E-state index contributed by atoms with van der Waals surface area (Å²) in [5.74, 6) is 0. The average Bonchev–Trinajstić information content (AvgIpc) is 1.84. The summed E-state index contributed by atoms with van der Waals surface area (Å²) < 4.78 is 23.2. The molecule has 0 saturated heterocycles. The van der Waals surface area contributed by atoms with Crippen molar-refractivity contribution < 1.29 is 23.8 Å². The van der Waals surface area contributed by atoms with Gasteiger partial charge in [0.2, 0.25) is 6.43 Å². The summed E-state index contributed by atoms with van der Waals surface area (Å²) in [5, 5.41) is 18.2. The van der Waals surface area contributed by atoms with Gasteiger partial charge in [0.05, 0.1) is 12.6 Å². The van der Waals surface area contributed by atoms with E-state index in [0.29, 0.717) is 0 Å². The lowest BCUT2D eigenvalue weighted by Gasteiger charge is -2.12. The lowest BCUT2D eigenvalue weighted by atomic mass is 10.2. The molecule has 3 N–H and O–H groups in total. The fraction of sp³-hybridized carbons (Fsp3) is 0.800. The Morgan fingerprint density at radius 1 is 1.55 bits per heavy atom. The molecule has 0 aliphatic rings. The van der Waals surface area contributed by atoms with Crippen molar-refractivity contribution in [1.82, 2.24) is 5.32 Å². The molecule has 6 heteroatoms. The van der Waals surface area contributed by atoms with Gasteiger partial charge in [-0.3, -0.25) is 0 Å². The van der Waals surface area contributed by atoms with Crippen LogP contribution < -0.4 is 5.32 Å². The van der Waals surface area contributed by atoms with E-state index in [4.69, 9.17) is 10.2 Å². The summed E-state index contributed by atoms with van der Waals surface area (Å²) in [6.07, 6.45) is -4.69. The molecule has 0 heterocycles. The molecule has 0 rings (SSSR count). The van der Waals surface area contributed by atoms with Crippen LogP contribution in [-0.4, -0.2) is 35.4 Å². The van der Waals surface area contributed by atoms with Crippen molar-refractivity contribution in [3.8, 4) is 0 Å². The number of aliphatic hydroxyl groups is 1. The monoisotopic (exact) mass is 169 g/mol. The molecule has 66 valence electrons. The summed E-state index contributed by atoms with van der Waals surface area (Å²) in [5.41, 5.74) is 0. The van der Waals surface area contributed by atoms with Crippen LogP contribution in [0.1, 0.15) is 6.42 Å². The number of carbonyl (C=O) groups is 1. The fourth-order valence-electron chi connectivity index (χ4n) is 0.569. The first-order valence-corrected chi connectivity index (χ1v) is 2.94. The van der Waals surface area contributed by atoms with E-state index in [1.54, 1.807) is 5.32 Å². The number of hydrogen-bond donors (Lipinski definition) is 3.